The highest BCUT2D eigenvalue weighted by Gasteiger charge is 2.31. The van der Waals surface area contributed by atoms with E-state index in [2.05, 4.69) is 21.2 Å². The van der Waals surface area contributed by atoms with Crippen molar-refractivity contribution in [3.8, 4) is 5.75 Å². The Kier molecular flexibility index (Phi) is 5.06. The number of halogens is 1. The molecule has 0 atom stereocenters. The topological polar surface area (TPSA) is 58.6 Å². The number of piperidine rings is 1. The standard InChI is InChI=1S/C13H19BrN2O3S/c1-16(11-5-7-15-8-6-11)20(17,18)13-9-10(14)3-4-12(13)19-2/h3-4,9,11,15H,5-8H2,1-2H3. The van der Waals surface area contributed by atoms with Gasteiger partial charge in [-0.3, -0.25) is 0 Å². The predicted octanol–water partition coefficient (Wildman–Crippen LogP) is 1.83. The summed E-state index contributed by atoms with van der Waals surface area (Å²) in [6.45, 7) is 1.69. The normalized spacial score (nSPS) is 17.4. The second-order valence-electron chi connectivity index (χ2n) is 4.80. The molecule has 5 nitrogen and oxygen atoms in total. The Morgan fingerprint density at radius 3 is 2.60 bits per heavy atom. The number of rotatable bonds is 4. The molecule has 1 aromatic rings. The summed E-state index contributed by atoms with van der Waals surface area (Å²) in [5.74, 6) is 0.369. The molecule has 2 rings (SSSR count). The lowest BCUT2D eigenvalue weighted by Crippen LogP contribution is -2.43. The zero-order valence-corrected chi connectivity index (χ0v) is 14.0. The quantitative estimate of drug-likeness (QED) is 0.887. The molecule has 0 amide bonds. The lowest BCUT2D eigenvalue weighted by Gasteiger charge is -2.31. The smallest absolute Gasteiger partial charge is 0.246 e. The van der Waals surface area contributed by atoms with E-state index in [1.807, 2.05) is 0 Å². The van der Waals surface area contributed by atoms with Crippen molar-refractivity contribution in [3.63, 3.8) is 0 Å². The van der Waals surface area contributed by atoms with Crippen LogP contribution in [0.25, 0.3) is 0 Å². The van der Waals surface area contributed by atoms with Gasteiger partial charge in [0, 0.05) is 17.6 Å². The number of hydrogen-bond acceptors (Lipinski definition) is 4. The third-order valence-corrected chi connectivity index (χ3v) is 6.03. The van der Waals surface area contributed by atoms with Gasteiger partial charge in [-0.25, -0.2) is 8.42 Å². The molecule has 0 aliphatic carbocycles. The minimum atomic E-state index is -3.55. The van der Waals surface area contributed by atoms with E-state index in [1.54, 1.807) is 25.2 Å². The summed E-state index contributed by atoms with van der Waals surface area (Å²) in [5, 5.41) is 3.24. The average molecular weight is 363 g/mol. The van der Waals surface area contributed by atoms with Crippen LogP contribution in [0.3, 0.4) is 0 Å². The van der Waals surface area contributed by atoms with Crippen LogP contribution < -0.4 is 10.1 Å². The zero-order chi connectivity index (χ0) is 14.8. The first-order chi connectivity index (χ1) is 9.46. The third kappa shape index (κ3) is 3.16. The van der Waals surface area contributed by atoms with Gasteiger partial charge in [0.25, 0.3) is 0 Å². The lowest BCUT2D eigenvalue weighted by molar-refractivity contribution is 0.295. The fourth-order valence-electron chi connectivity index (χ4n) is 2.37. The summed E-state index contributed by atoms with van der Waals surface area (Å²) >= 11 is 3.31. The summed E-state index contributed by atoms with van der Waals surface area (Å²) in [7, 11) is -0.430. The van der Waals surface area contributed by atoms with Crippen molar-refractivity contribution in [2.75, 3.05) is 27.2 Å². The van der Waals surface area contributed by atoms with Crippen LogP contribution in [0.2, 0.25) is 0 Å². The van der Waals surface area contributed by atoms with Gasteiger partial charge in [-0.1, -0.05) is 15.9 Å². The van der Waals surface area contributed by atoms with Crippen LogP contribution in [0.5, 0.6) is 5.75 Å². The van der Waals surface area contributed by atoms with Crippen LogP contribution >= 0.6 is 15.9 Å². The molecule has 0 aromatic heterocycles. The first-order valence-electron chi connectivity index (χ1n) is 6.49. The highest BCUT2D eigenvalue weighted by molar-refractivity contribution is 9.10. The maximum absolute atomic E-state index is 12.8. The Hall–Kier alpha value is -0.630. The van der Waals surface area contributed by atoms with E-state index < -0.39 is 10.0 Å². The van der Waals surface area contributed by atoms with E-state index in [-0.39, 0.29) is 10.9 Å². The molecule has 1 aliphatic heterocycles. The third-order valence-electron chi connectivity index (χ3n) is 3.61. The number of nitrogens with one attached hydrogen (secondary N) is 1. The molecule has 1 N–H and O–H groups in total. The first kappa shape index (κ1) is 15.8. The van der Waals surface area contributed by atoms with Gasteiger partial charge in [-0.05, 0) is 44.1 Å². The van der Waals surface area contributed by atoms with E-state index in [4.69, 9.17) is 4.74 Å². The van der Waals surface area contributed by atoms with Crippen LogP contribution in [-0.2, 0) is 10.0 Å². The summed E-state index contributed by atoms with van der Waals surface area (Å²) < 4.78 is 32.9. The molecule has 1 saturated heterocycles. The molecule has 1 heterocycles. The van der Waals surface area contributed by atoms with E-state index in [0.29, 0.717) is 5.75 Å². The van der Waals surface area contributed by atoms with Crippen molar-refractivity contribution < 1.29 is 13.2 Å². The molecule has 0 spiro atoms. The molecule has 1 aromatic carbocycles. The molecule has 0 saturated carbocycles. The van der Waals surface area contributed by atoms with Crippen LogP contribution in [0, 0.1) is 0 Å². The molecule has 0 unspecified atom stereocenters. The fraction of sp³-hybridized carbons (Fsp3) is 0.538. The summed E-state index contributed by atoms with van der Waals surface area (Å²) in [6.07, 6.45) is 1.65. The second kappa shape index (κ2) is 6.43. The van der Waals surface area contributed by atoms with Gasteiger partial charge < -0.3 is 10.1 Å². The van der Waals surface area contributed by atoms with Crippen molar-refractivity contribution in [1.82, 2.24) is 9.62 Å². The minimum Gasteiger partial charge on any atom is -0.495 e. The largest absolute Gasteiger partial charge is 0.495 e. The average Bonchev–Trinajstić information content (AvgIpc) is 2.47. The minimum absolute atomic E-state index is 0.0323. The van der Waals surface area contributed by atoms with Gasteiger partial charge in [0.05, 0.1) is 7.11 Å². The SMILES string of the molecule is COc1ccc(Br)cc1S(=O)(=O)N(C)C1CCNCC1. The molecular weight excluding hydrogens is 344 g/mol. The molecule has 0 radical (unpaired) electrons. The maximum Gasteiger partial charge on any atom is 0.246 e. The fourth-order valence-corrected chi connectivity index (χ4v) is 4.48. The summed E-state index contributed by atoms with van der Waals surface area (Å²) in [6, 6.07) is 5.05. The van der Waals surface area contributed by atoms with E-state index in [1.165, 1.54) is 11.4 Å². The monoisotopic (exact) mass is 362 g/mol. The molecule has 1 aliphatic rings. The number of sulfonamides is 1. The Labute approximate surface area is 128 Å². The number of nitrogens with zero attached hydrogens (tertiary/aromatic N) is 1. The van der Waals surface area contributed by atoms with Gasteiger partial charge in [0.2, 0.25) is 10.0 Å². The molecular formula is C13H19BrN2O3S. The second-order valence-corrected chi connectivity index (χ2v) is 7.68. The lowest BCUT2D eigenvalue weighted by atomic mass is 10.1. The van der Waals surface area contributed by atoms with Crippen molar-refractivity contribution in [3.05, 3.63) is 22.7 Å². The number of ether oxygens (including phenoxy) is 1. The van der Waals surface area contributed by atoms with Crippen LogP contribution in [0.1, 0.15) is 12.8 Å². The highest BCUT2D eigenvalue weighted by atomic mass is 79.9. The maximum atomic E-state index is 12.8. The Morgan fingerprint density at radius 1 is 1.35 bits per heavy atom. The Bertz CT molecular complexity index is 571. The van der Waals surface area contributed by atoms with Crippen LogP contribution in [0.15, 0.2) is 27.6 Å². The Morgan fingerprint density at radius 2 is 2.00 bits per heavy atom. The van der Waals surface area contributed by atoms with Crippen LogP contribution in [-0.4, -0.2) is 46.0 Å². The number of methoxy groups -OCH3 is 1. The first-order valence-corrected chi connectivity index (χ1v) is 8.72. The number of benzene rings is 1. The molecule has 7 heteroatoms. The predicted molar refractivity (Wildman–Crippen MR) is 81.5 cm³/mol. The highest BCUT2D eigenvalue weighted by Crippen LogP contribution is 2.31. The van der Waals surface area contributed by atoms with Gasteiger partial charge in [-0.2, -0.15) is 4.31 Å². The Balaban J connectivity index is 2.36. The van der Waals surface area contributed by atoms with Gasteiger partial charge in [0.1, 0.15) is 10.6 Å². The van der Waals surface area contributed by atoms with Crippen molar-refractivity contribution >= 4 is 26.0 Å². The van der Waals surface area contributed by atoms with Gasteiger partial charge >= 0.3 is 0 Å². The van der Waals surface area contributed by atoms with Crippen molar-refractivity contribution in [2.24, 2.45) is 0 Å². The van der Waals surface area contributed by atoms with E-state index >= 15 is 0 Å². The van der Waals surface area contributed by atoms with Crippen LogP contribution in [0.4, 0.5) is 0 Å². The van der Waals surface area contributed by atoms with E-state index in [0.717, 1.165) is 30.4 Å². The molecule has 0 bridgehead atoms. The zero-order valence-electron chi connectivity index (χ0n) is 11.6. The van der Waals surface area contributed by atoms with Gasteiger partial charge in [0.15, 0.2) is 0 Å². The summed E-state index contributed by atoms with van der Waals surface area (Å²) in [5.41, 5.74) is 0. The van der Waals surface area contributed by atoms with E-state index in [9.17, 15) is 8.42 Å². The number of hydrogen-bond donors (Lipinski definition) is 1. The summed E-state index contributed by atoms with van der Waals surface area (Å²) in [4.78, 5) is 0.204. The molecule has 112 valence electrons. The molecule has 1 fully saturated rings. The van der Waals surface area contributed by atoms with Crippen molar-refractivity contribution in [2.45, 2.75) is 23.8 Å². The van der Waals surface area contributed by atoms with Crippen molar-refractivity contribution in [1.29, 1.82) is 0 Å². The van der Waals surface area contributed by atoms with Gasteiger partial charge in [-0.15, -0.1) is 0 Å². The molecule has 20 heavy (non-hydrogen) atoms.